The van der Waals surface area contributed by atoms with E-state index in [9.17, 15) is 17.2 Å². The van der Waals surface area contributed by atoms with Crippen molar-refractivity contribution in [3.8, 4) is 22.4 Å². The zero-order chi connectivity index (χ0) is 26.0. The molecule has 6 nitrogen and oxygen atoms in total. The third kappa shape index (κ3) is 5.09. The molecule has 1 N–H and O–H groups in total. The van der Waals surface area contributed by atoms with Crippen LogP contribution in [0.2, 0.25) is 0 Å². The summed E-state index contributed by atoms with van der Waals surface area (Å²) in [6, 6.07) is 19.1. The summed E-state index contributed by atoms with van der Waals surface area (Å²) in [6.45, 7) is 0.903. The number of pyridine rings is 1. The summed E-state index contributed by atoms with van der Waals surface area (Å²) in [4.78, 5) is 9.12. The van der Waals surface area contributed by atoms with Crippen molar-refractivity contribution >= 4 is 10.0 Å². The van der Waals surface area contributed by atoms with Crippen LogP contribution < -0.4 is 0 Å². The molecule has 0 amide bonds. The molecule has 5 aromatic rings. The zero-order valence-corrected chi connectivity index (χ0v) is 20.8. The summed E-state index contributed by atoms with van der Waals surface area (Å²) in [5.41, 5.74) is 3.25. The highest BCUT2D eigenvalue weighted by Gasteiger charge is 2.23. The first kappa shape index (κ1) is 24.6. The Balaban J connectivity index is 1.43. The van der Waals surface area contributed by atoms with Gasteiger partial charge < -0.3 is 4.98 Å². The van der Waals surface area contributed by atoms with Gasteiger partial charge in [-0.25, -0.2) is 21.2 Å². The Labute approximate surface area is 213 Å². The molecule has 0 saturated heterocycles. The lowest BCUT2D eigenvalue weighted by Crippen LogP contribution is -2.17. The highest BCUT2D eigenvalue weighted by atomic mass is 32.2. The van der Waals surface area contributed by atoms with Crippen molar-refractivity contribution in [3.05, 3.63) is 120 Å². The van der Waals surface area contributed by atoms with Gasteiger partial charge in [-0.1, -0.05) is 30.3 Å². The second-order valence-corrected chi connectivity index (χ2v) is 10.6. The van der Waals surface area contributed by atoms with E-state index in [1.54, 1.807) is 48.7 Å². The second-order valence-electron chi connectivity index (χ2n) is 8.76. The Morgan fingerprint density at radius 3 is 2.22 bits per heavy atom. The van der Waals surface area contributed by atoms with Gasteiger partial charge in [0.05, 0.1) is 10.6 Å². The van der Waals surface area contributed by atoms with Crippen LogP contribution in [0.1, 0.15) is 11.3 Å². The number of H-pyrrole nitrogens is 1. The molecule has 0 spiro atoms. The minimum Gasteiger partial charge on any atom is -0.363 e. The van der Waals surface area contributed by atoms with Crippen molar-refractivity contribution in [1.29, 1.82) is 0 Å². The lowest BCUT2D eigenvalue weighted by molar-refractivity contribution is 0.316. The van der Waals surface area contributed by atoms with Crippen molar-refractivity contribution in [1.82, 2.24) is 18.8 Å². The van der Waals surface area contributed by atoms with Crippen LogP contribution in [-0.2, 0) is 23.1 Å². The normalized spacial score (nSPS) is 11.8. The van der Waals surface area contributed by atoms with E-state index >= 15 is 0 Å². The maximum atomic E-state index is 14.7. The number of aromatic amines is 1. The smallest absolute Gasteiger partial charge is 0.268 e. The van der Waals surface area contributed by atoms with Gasteiger partial charge in [-0.3, -0.25) is 9.88 Å². The molecule has 3 heterocycles. The molecule has 0 radical (unpaired) electrons. The van der Waals surface area contributed by atoms with Gasteiger partial charge in [0.15, 0.2) is 0 Å². The number of halogens is 2. The number of hydrogen-bond acceptors (Lipinski definition) is 4. The van der Waals surface area contributed by atoms with E-state index in [1.807, 2.05) is 18.0 Å². The topological polar surface area (TPSA) is 71.0 Å². The summed E-state index contributed by atoms with van der Waals surface area (Å²) < 4.78 is 56.9. The molecule has 0 saturated carbocycles. The van der Waals surface area contributed by atoms with Crippen LogP contribution >= 0.6 is 0 Å². The molecule has 37 heavy (non-hydrogen) atoms. The zero-order valence-electron chi connectivity index (χ0n) is 20.0. The van der Waals surface area contributed by atoms with Crippen LogP contribution in [0.25, 0.3) is 22.4 Å². The molecular formula is C28H24F2N4O2S. The Hall–Kier alpha value is -4.08. The fourth-order valence-electron chi connectivity index (χ4n) is 4.31. The Kier molecular flexibility index (Phi) is 6.73. The number of benzene rings is 2. The molecule has 0 aliphatic rings. The number of rotatable bonds is 8. The van der Waals surface area contributed by atoms with E-state index in [-0.39, 0.29) is 22.0 Å². The lowest BCUT2D eigenvalue weighted by atomic mass is 10.1. The quantitative estimate of drug-likeness (QED) is 0.286. The van der Waals surface area contributed by atoms with E-state index in [4.69, 9.17) is 0 Å². The van der Waals surface area contributed by atoms with Crippen LogP contribution in [0.3, 0.4) is 0 Å². The van der Waals surface area contributed by atoms with Gasteiger partial charge in [-0.05, 0) is 55.1 Å². The summed E-state index contributed by atoms with van der Waals surface area (Å²) in [5, 5.41) is 0. The van der Waals surface area contributed by atoms with Crippen LogP contribution in [0.4, 0.5) is 8.78 Å². The first-order valence-electron chi connectivity index (χ1n) is 11.6. The number of nitrogens with one attached hydrogen (secondary N) is 1. The fraction of sp³-hybridized carbons (Fsp3) is 0.107. The van der Waals surface area contributed by atoms with Gasteiger partial charge in [0, 0.05) is 60.3 Å². The molecule has 0 aliphatic carbocycles. The molecule has 3 aromatic heterocycles. The van der Waals surface area contributed by atoms with Gasteiger partial charge in [0.1, 0.15) is 11.6 Å². The molecule has 5 rings (SSSR count). The molecule has 0 bridgehead atoms. The fourth-order valence-corrected chi connectivity index (χ4v) is 5.69. The van der Waals surface area contributed by atoms with Crippen LogP contribution in [0.5, 0.6) is 0 Å². The minimum atomic E-state index is -3.99. The molecule has 0 unspecified atom stereocenters. The van der Waals surface area contributed by atoms with Crippen molar-refractivity contribution in [2.75, 3.05) is 7.05 Å². The number of hydrogen-bond donors (Lipinski definition) is 1. The van der Waals surface area contributed by atoms with Crippen LogP contribution in [0.15, 0.2) is 102 Å². The molecule has 188 valence electrons. The van der Waals surface area contributed by atoms with E-state index in [1.165, 1.54) is 42.9 Å². The largest absolute Gasteiger partial charge is 0.363 e. The van der Waals surface area contributed by atoms with Crippen LogP contribution in [0, 0.1) is 11.6 Å². The molecule has 0 atom stereocenters. The summed E-state index contributed by atoms with van der Waals surface area (Å²) >= 11 is 0. The molecule has 9 heteroatoms. The van der Waals surface area contributed by atoms with Crippen molar-refractivity contribution < 1.29 is 17.2 Å². The van der Waals surface area contributed by atoms with Crippen molar-refractivity contribution in [3.63, 3.8) is 0 Å². The average Bonchev–Trinajstić information content (AvgIpc) is 3.53. The van der Waals surface area contributed by atoms with Gasteiger partial charge >= 0.3 is 0 Å². The van der Waals surface area contributed by atoms with Crippen molar-refractivity contribution in [2.24, 2.45) is 0 Å². The van der Waals surface area contributed by atoms with E-state index in [0.29, 0.717) is 24.2 Å². The molecule has 2 aromatic carbocycles. The maximum absolute atomic E-state index is 14.7. The Morgan fingerprint density at radius 1 is 0.892 bits per heavy atom. The average molecular weight is 519 g/mol. The van der Waals surface area contributed by atoms with E-state index in [0.717, 1.165) is 15.2 Å². The molecular weight excluding hydrogens is 494 g/mol. The third-order valence-electron chi connectivity index (χ3n) is 6.02. The minimum absolute atomic E-state index is 0.0580. The number of nitrogens with zero attached hydrogens (tertiary/aromatic N) is 3. The second kappa shape index (κ2) is 10.1. The van der Waals surface area contributed by atoms with Gasteiger partial charge in [0.25, 0.3) is 10.0 Å². The lowest BCUT2D eigenvalue weighted by Gasteiger charge is -2.14. The first-order chi connectivity index (χ1) is 17.8. The SMILES string of the molecule is CN(Cc1cc(-c2ccccc2F)n(S(=O)(=O)c2ccncc2)c1)Cc1cc(-c2ccccc2F)c[nH]1. The standard InChI is InChI=1S/C28H24F2N4O2S/c1-33(19-22-15-21(16-32-22)24-6-2-4-8-26(24)29)17-20-14-28(25-7-3-5-9-27(25)30)34(18-20)37(35,36)23-10-12-31-13-11-23/h2-16,18,32H,17,19H2,1H3. The summed E-state index contributed by atoms with van der Waals surface area (Å²) in [6.07, 6.45) is 6.09. The van der Waals surface area contributed by atoms with E-state index < -0.39 is 15.8 Å². The highest BCUT2D eigenvalue weighted by molar-refractivity contribution is 7.90. The predicted molar refractivity (Wildman–Crippen MR) is 138 cm³/mol. The maximum Gasteiger partial charge on any atom is 0.268 e. The van der Waals surface area contributed by atoms with E-state index in [2.05, 4.69) is 9.97 Å². The first-order valence-corrected chi connectivity index (χ1v) is 13.0. The van der Waals surface area contributed by atoms with Gasteiger partial charge in [-0.2, -0.15) is 0 Å². The predicted octanol–water partition coefficient (Wildman–Crippen LogP) is 5.69. The van der Waals surface area contributed by atoms with Gasteiger partial charge in [0.2, 0.25) is 0 Å². The van der Waals surface area contributed by atoms with Crippen LogP contribution in [-0.4, -0.2) is 34.3 Å². The Bertz CT molecular complexity index is 1650. The van der Waals surface area contributed by atoms with Crippen molar-refractivity contribution in [2.45, 2.75) is 18.0 Å². The third-order valence-corrected chi connectivity index (χ3v) is 7.71. The Morgan fingerprint density at radius 2 is 1.54 bits per heavy atom. The number of aromatic nitrogens is 3. The molecule has 0 fully saturated rings. The van der Waals surface area contributed by atoms with Gasteiger partial charge in [-0.15, -0.1) is 0 Å². The molecule has 0 aliphatic heterocycles. The monoisotopic (exact) mass is 518 g/mol. The summed E-state index contributed by atoms with van der Waals surface area (Å²) in [5.74, 6) is -0.808. The highest BCUT2D eigenvalue weighted by Crippen LogP contribution is 2.30. The summed E-state index contributed by atoms with van der Waals surface area (Å²) in [7, 11) is -2.10.